The zero-order valence-corrected chi connectivity index (χ0v) is 14.0. The Kier molecular flexibility index (Phi) is 3.73. The van der Waals surface area contributed by atoms with Crippen LogP contribution < -0.4 is 15.4 Å². The Labute approximate surface area is 146 Å². The number of fused-ring (bicyclic) bond motifs is 1. The molecule has 8 heteroatoms. The van der Waals surface area contributed by atoms with E-state index in [1.54, 1.807) is 36.6 Å². The average molecular weight is 355 g/mol. The number of thiazole rings is 1. The molecule has 2 N–H and O–H groups in total. The minimum Gasteiger partial charge on any atom is -0.482 e. The zero-order chi connectivity index (χ0) is 17.4. The molecule has 3 aromatic rings. The van der Waals surface area contributed by atoms with Gasteiger partial charge in [0, 0.05) is 10.6 Å². The third kappa shape index (κ3) is 2.99. The second-order valence-electron chi connectivity index (χ2n) is 5.40. The molecule has 0 atom stereocenters. The van der Waals surface area contributed by atoms with E-state index < -0.39 is 0 Å². The van der Waals surface area contributed by atoms with Crippen LogP contribution in [0.15, 0.2) is 41.0 Å². The van der Waals surface area contributed by atoms with E-state index >= 15 is 0 Å². The third-order valence-electron chi connectivity index (χ3n) is 3.61. The lowest BCUT2D eigenvalue weighted by Crippen LogP contribution is -2.25. The highest BCUT2D eigenvalue weighted by Crippen LogP contribution is 2.31. The van der Waals surface area contributed by atoms with Crippen molar-refractivity contribution in [3.8, 4) is 16.5 Å². The van der Waals surface area contributed by atoms with Crippen LogP contribution in [0.2, 0.25) is 0 Å². The smallest absolute Gasteiger partial charge is 0.275 e. The average Bonchev–Trinajstić information content (AvgIpc) is 3.23. The van der Waals surface area contributed by atoms with Gasteiger partial charge >= 0.3 is 0 Å². The number of furan rings is 1. The van der Waals surface area contributed by atoms with E-state index in [4.69, 9.17) is 9.15 Å². The number of anilines is 2. The summed E-state index contributed by atoms with van der Waals surface area (Å²) in [5, 5.41) is 6.15. The lowest BCUT2D eigenvalue weighted by molar-refractivity contribution is -0.118. The van der Waals surface area contributed by atoms with Crippen molar-refractivity contribution in [2.75, 3.05) is 17.2 Å². The van der Waals surface area contributed by atoms with Crippen LogP contribution in [0.3, 0.4) is 0 Å². The molecule has 0 saturated heterocycles. The van der Waals surface area contributed by atoms with Crippen molar-refractivity contribution in [1.82, 2.24) is 4.98 Å². The van der Waals surface area contributed by atoms with Gasteiger partial charge in [0.05, 0.1) is 12.0 Å². The van der Waals surface area contributed by atoms with Gasteiger partial charge in [0.25, 0.3) is 11.8 Å². The number of hydrogen-bond donors (Lipinski definition) is 2. The third-order valence-corrected chi connectivity index (χ3v) is 4.60. The molecule has 0 saturated carbocycles. The predicted octanol–water partition coefficient (Wildman–Crippen LogP) is 3.29. The minimum atomic E-state index is -0.324. The van der Waals surface area contributed by atoms with Crippen LogP contribution in [-0.2, 0) is 4.79 Å². The Morgan fingerprint density at radius 3 is 3.04 bits per heavy atom. The van der Waals surface area contributed by atoms with Gasteiger partial charge in [-0.2, -0.15) is 0 Å². The largest absolute Gasteiger partial charge is 0.482 e. The van der Waals surface area contributed by atoms with Crippen LogP contribution in [0.4, 0.5) is 11.4 Å². The fraction of sp³-hybridized carbons (Fsp3) is 0.118. The summed E-state index contributed by atoms with van der Waals surface area (Å²) < 4.78 is 10.6. The number of ether oxygens (including phenoxy) is 1. The predicted molar refractivity (Wildman–Crippen MR) is 93.1 cm³/mol. The van der Waals surface area contributed by atoms with Gasteiger partial charge in [-0.15, -0.1) is 11.3 Å². The Morgan fingerprint density at radius 2 is 2.24 bits per heavy atom. The standard InChI is InChI=1S/C17H13N3O4S/c1-9-15(20-17(25-9)13-3-2-6-23-13)16(22)18-10-4-5-12-11(7-10)19-14(21)8-24-12/h2-7H,8H2,1H3,(H,18,22)(H,19,21). The molecule has 0 fully saturated rings. The molecule has 7 nitrogen and oxygen atoms in total. The molecule has 0 bridgehead atoms. The molecule has 0 unspecified atom stereocenters. The van der Waals surface area contributed by atoms with Gasteiger partial charge in [-0.05, 0) is 37.3 Å². The molecule has 0 spiro atoms. The Morgan fingerprint density at radius 1 is 1.36 bits per heavy atom. The number of nitrogens with zero attached hydrogens (tertiary/aromatic N) is 1. The zero-order valence-electron chi connectivity index (χ0n) is 13.2. The van der Waals surface area contributed by atoms with Crippen molar-refractivity contribution < 1.29 is 18.7 Å². The van der Waals surface area contributed by atoms with Gasteiger partial charge in [0.2, 0.25) is 0 Å². The van der Waals surface area contributed by atoms with Gasteiger partial charge in [-0.25, -0.2) is 4.98 Å². The van der Waals surface area contributed by atoms with Crippen LogP contribution in [0.5, 0.6) is 5.75 Å². The first-order chi connectivity index (χ1) is 12.1. The molecule has 0 aliphatic carbocycles. The van der Waals surface area contributed by atoms with E-state index in [1.807, 2.05) is 6.92 Å². The molecule has 1 aliphatic rings. The van der Waals surface area contributed by atoms with Crippen LogP contribution in [0, 0.1) is 6.92 Å². The maximum Gasteiger partial charge on any atom is 0.275 e. The lowest BCUT2D eigenvalue weighted by Gasteiger charge is -2.18. The van der Waals surface area contributed by atoms with Gasteiger partial charge in [-0.3, -0.25) is 9.59 Å². The molecular weight excluding hydrogens is 342 g/mol. The maximum atomic E-state index is 12.5. The number of benzene rings is 1. The molecule has 1 aliphatic heterocycles. The molecule has 126 valence electrons. The van der Waals surface area contributed by atoms with E-state index in [2.05, 4.69) is 15.6 Å². The number of carbonyl (C=O) groups is 2. The van der Waals surface area contributed by atoms with Crippen molar-refractivity contribution in [1.29, 1.82) is 0 Å². The van der Waals surface area contributed by atoms with E-state index in [0.717, 1.165) is 4.88 Å². The first kappa shape index (κ1) is 15.4. The molecule has 4 rings (SSSR count). The van der Waals surface area contributed by atoms with Gasteiger partial charge in [0.15, 0.2) is 17.4 Å². The molecule has 2 amide bonds. The van der Waals surface area contributed by atoms with Crippen molar-refractivity contribution in [2.24, 2.45) is 0 Å². The first-order valence-corrected chi connectivity index (χ1v) is 8.31. The van der Waals surface area contributed by atoms with Crippen LogP contribution in [-0.4, -0.2) is 23.4 Å². The minimum absolute atomic E-state index is 0.00766. The first-order valence-electron chi connectivity index (χ1n) is 7.49. The second-order valence-corrected chi connectivity index (χ2v) is 6.61. The maximum absolute atomic E-state index is 12.5. The van der Waals surface area contributed by atoms with Gasteiger partial charge in [-0.1, -0.05) is 0 Å². The fourth-order valence-corrected chi connectivity index (χ4v) is 3.34. The number of hydrogen-bond acceptors (Lipinski definition) is 6. The normalized spacial score (nSPS) is 12.9. The summed E-state index contributed by atoms with van der Waals surface area (Å²) >= 11 is 1.39. The second kappa shape index (κ2) is 6.06. The van der Waals surface area contributed by atoms with Gasteiger partial charge in [0.1, 0.15) is 11.4 Å². The summed E-state index contributed by atoms with van der Waals surface area (Å²) in [5.74, 6) is 0.646. The van der Waals surface area contributed by atoms with Gasteiger partial charge < -0.3 is 19.8 Å². The Hall–Kier alpha value is -3.13. The fourth-order valence-electron chi connectivity index (χ4n) is 2.46. The number of nitrogens with one attached hydrogen (secondary N) is 2. The van der Waals surface area contributed by atoms with Crippen LogP contribution >= 0.6 is 11.3 Å². The number of aryl methyl sites for hydroxylation is 1. The molecule has 1 aromatic carbocycles. The topological polar surface area (TPSA) is 93.5 Å². The molecule has 25 heavy (non-hydrogen) atoms. The Balaban J connectivity index is 1.56. The molecule has 3 heterocycles. The summed E-state index contributed by atoms with van der Waals surface area (Å²) in [6.07, 6.45) is 1.56. The summed E-state index contributed by atoms with van der Waals surface area (Å²) in [6.45, 7) is 1.83. The highest BCUT2D eigenvalue weighted by atomic mass is 32.1. The van der Waals surface area contributed by atoms with Crippen LogP contribution in [0.1, 0.15) is 15.4 Å². The van der Waals surface area contributed by atoms with Crippen molar-refractivity contribution in [3.63, 3.8) is 0 Å². The monoisotopic (exact) mass is 355 g/mol. The summed E-state index contributed by atoms with van der Waals surface area (Å²) in [7, 11) is 0. The lowest BCUT2D eigenvalue weighted by atomic mass is 10.2. The molecule has 0 radical (unpaired) electrons. The highest BCUT2D eigenvalue weighted by molar-refractivity contribution is 7.15. The molecule has 2 aromatic heterocycles. The number of aromatic nitrogens is 1. The number of amides is 2. The summed E-state index contributed by atoms with van der Waals surface area (Å²) in [6, 6.07) is 8.64. The van der Waals surface area contributed by atoms with E-state index in [9.17, 15) is 9.59 Å². The summed E-state index contributed by atoms with van der Waals surface area (Å²) in [4.78, 5) is 29.1. The van der Waals surface area contributed by atoms with Crippen molar-refractivity contribution >= 4 is 34.5 Å². The SMILES string of the molecule is Cc1sc(-c2ccco2)nc1C(=O)Nc1ccc2c(c1)NC(=O)CO2. The summed E-state index contributed by atoms with van der Waals surface area (Å²) in [5.41, 5.74) is 1.41. The van der Waals surface area contributed by atoms with E-state index in [-0.39, 0.29) is 18.4 Å². The Bertz CT molecular complexity index is 962. The number of carbonyl (C=O) groups excluding carboxylic acids is 2. The molecular formula is C17H13N3O4S. The van der Waals surface area contributed by atoms with Crippen molar-refractivity contribution in [2.45, 2.75) is 6.92 Å². The van der Waals surface area contributed by atoms with E-state index in [1.165, 1.54) is 11.3 Å². The van der Waals surface area contributed by atoms with E-state index in [0.29, 0.717) is 33.6 Å². The quantitative estimate of drug-likeness (QED) is 0.752. The van der Waals surface area contributed by atoms with Crippen molar-refractivity contribution in [3.05, 3.63) is 47.2 Å². The van der Waals surface area contributed by atoms with Crippen LogP contribution in [0.25, 0.3) is 10.8 Å². The highest BCUT2D eigenvalue weighted by Gasteiger charge is 2.20. The number of rotatable bonds is 3.